The van der Waals surface area contributed by atoms with Crippen molar-refractivity contribution in [3.8, 4) is 0 Å². The number of carbonyl (C=O) groups excluding carboxylic acids is 1. The first-order valence-electron chi connectivity index (χ1n) is 7.71. The number of hydrogen-bond donors (Lipinski definition) is 1. The van der Waals surface area contributed by atoms with Crippen LogP contribution in [-0.2, 0) is 0 Å². The van der Waals surface area contributed by atoms with E-state index < -0.39 is 0 Å². The maximum atomic E-state index is 12.7. The summed E-state index contributed by atoms with van der Waals surface area (Å²) in [4.78, 5) is 14.6. The molecule has 2 atom stereocenters. The molecular weight excluding hydrogens is 276 g/mol. The van der Waals surface area contributed by atoms with E-state index in [-0.39, 0.29) is 5.91 Å². The summed E-state index contributed by atoms with van der Waals surface area (Å²) in [5, 5.41) is 0. The SMILES string of the molecule is Cc1cc(C)c(C(=O)N2C[C@@H](CN)[C@H](c3ccccc3)C2)o1. The Hall–Kier alpha value is -2.07. The van der Waals surface area contributed by atoms with Gasteiger partial charge in [0.05, 0.1) is 0 Å². The van der Waals surface area contributed by atoms with E-state index in [1.807, 2.05) is 43.0 Å². The molecule has 1 fully saturated rings. The van der Waals surface area contributed by atoms with Crippen molar-refractivity contribution in [2.75, 3.05) is 19.6 Å². The molecule has 1 amide bonds. The second-order valence-electron chi connectivity index (χ2n) is 6.09. The number of rotatable bonds is 3. The molecule has 1 aliphatic heterocycles. The topological polar surface area (TPSA) is 59.5 Å². The van der Waals surface area contributed by atoms with Crippen LogP contribution in [0, 0.1) is 19.8 Å². The van der Waals surface area contributed by atoms with Gasteiger partial charge < -0.3 is 15.1 Å². The molecule has 2 aromatic rings. The Morgan fingerprint density at radius 2 is 2.00 bits per heavy atom. The summed E-state index contributed by atoms with van der Waals surface area (Å²) in [7, 11) is 0. The molecule has 3 rings (SSSR count). The predicted molar refractivity (Wildman–Crippen MR) is 85.8 cm³/mol. The van der Waals surface area contributed by atoms with Crippen LogP contribution in [0.3, 0.4) is 0 Å². The van der Waals surface area contributed by atoms with Crippen molar-refractivity contribution in [3.05, 3.63) is 59.0 Å². The Morgan fingerprint density at radius 3 is 2.59 bits per heavy atom. The van der Waals surface area contributed by atoms with Crippen LogP contribution in [0.1, 0.15) is 33.4 Å². The minimum Gasteiger partial charge on any atom is -0.456 e. The van der Waals surface area contributed by atoms with E-state index >= 15 is 0 Å². The molecule has 0 spiro atoms. The monoisotopic (exact) mass is 298 g/mol. The van der Waals surface area contributed by atoms with Crippen molar-refractivity contribution < 1.29 is 9.21 Å². The molecule has 0 bridgehead atoms. The fourth-order valence-corrected chi connectivity index (χ4v) is 3.35. The second-order valence-corrected chi connectivity index (χ2v) is 6.09. The Balaban J connectivity index is 1.82. The van der Waals surface area contributed by atoms with Crippen LogP contribution in [0.25, 0.3) is 0 Å². The van der Waals surface area contributed by atoms with E-state index in [0.29, 0.717) is 37.2 Å². The highest BCUT2D eigenvalue weighted by atomic mass is 16.4. The first-order valence-corrected chi connectivity index (χ1v) is 7.71. The molecule has 0 radical (unpaired) electrons. The fourth-order valence-electron chi connectivity index (χ4n) is 3.35. The number of benzene rings is 1. The summed E-state index contributed by atoms with van der Waals surface area (Å²) in [6.45, 7) is 5.75. The van der Waals surface area contributed by atoms with Crippen LogP contribution in [-0.4, -0.2) is 30.4 Å². The molecule has 0 unspecified atom stereocenters. The van der Waals surface area contributed by atoms with E-state index in [0.717, 1.165) is 11.3 Å². The van der Waals surface area contributed by atoms with Crippen molar-refractivity contribution in [3.63, 3.8) is 0 Å². The van der Waals surface area contributed by atoms with Gasteiger partial charge >= 0.3 is 0 Å². The van der Waals surface area contributed by atoms with E-state index in [2.05, 4.69) is 12.1 Å². The molecule has 0 aliphatic carbocycles. The quantitative estimate of drug-likeness (QED) is 0.948. The van der Waals surface area contributed by atoms with Gasteiger partial charge in [-0.25, -0.2) is 0 Å². The molecule has 1 aromatic heterocycles. The van der Waals surface area contributed by atoms with Gasteiger partial charge in [0.25, 0.3) is 5.91 Å². The highest BCUT2D eigenvalue weighted by Crippen LogP contribution is 2.33. The van der Waals surface area contributed by atoms with E-state index in [4.69, 9.17) is 10.2 Å². The van der Waals surface area contributed by atoms with Gasteiger partial charge in [-0.2, -0.15) is 0 Å². The van der Waals surface area contributed by atoms with E-state index in [9.17, 15) is 4.79 Å². The molecule has 1 saturated heterocycles. The molecule has 4 heteroatoms. The fraction of sp³-hybridized carbons (Fsp3) is 0.389. The minimum absolute atomic E-state index is 0.0255. The molecule has 2 heterocycles. The second kappa shape index (κ2) is 5.97. The zero-order valence-electron chi connectivity index (χ0n) is 13.1. The molecule has 4 nitrogen and oxygen atoms in total. The van der Waals surface area contributed by atoms with Gasteiger partial charge in [-0.05, 0) is 37.9 Å². The number of furan rings is 1. The number of amides is 1. The van der Waals surface area contributed by atoms with Crippen molar-refractivity contribution in [1.29, 1.82) is 0 Å². The van der Waals surface area contributed by atoms with Gasteiger partial charge in [-0.3, -0.25) is 4.79 Å². The van der Waals surface area contributed by atoms with Crippen molar-refractivity contribution in [2.45, 2.75) is 19.8 Å². The summed E-state index contributed by atoms with van der Waals surface area (Å²) in [5.74, 6) is 1.80. The molecule has 116 valence electrons. The summed E-state index contributed by atoms with van der Waals surface area (Å²) in [5.41, 5.74) is 8.08. The third-order valence-corrected chi connectivity index (χ3v) is 4.49. The van der Waals surface area contributed by atoms with Gasteiger partial charge in [-0.15, -0.1) is 0 Å². The van der Waals surface area contributed by atoms with E-state index in [1.54, 1.807) is 0 Å². The maximum Gasteiger partial charge on any atom is 0.289 e. The predicted octanol–water partition coefficient (Wildman–Crippen LogP) is 2.71. The summed E-state index contributed by atoms with van der Waals surface area (Å²) >= 11 is 0. The number of likely N-dealkylation sites (tertiary alicyclic amines) is 1. The number of hydrogen-bond acceptors (Lipinski definition) is 3. The van der Waals surface area contributed by atoms with Crippen LogP contribution < -0.4 is 5.73 Å². The van der Waals surface area contributed by atoms with Gasteiger partial charge in [0, 0.05) is 24.6 Å². The van der Waals surface area contributed by atoms with Gasteiger partial charge in [0.1, 0.15) is 5.76 Å². The normalized spacial score (nSPS) is 21.3. The first-order chi connectivity index (χ1) is 10.6. The standard InChI is InChI=1S/C18H22N2O2/c1-12-8-13(2)22-17(12)18(21)20-10-15(9-19)16(11-20)14-6-4-3-5-7-14/h3-8,15-16H,9-11,19H2,1-2H3/t15-,16+/m1/s1. The molecule has 0 saturated carbocycles. The maximum absolute atomic E-state index is 12.7. The highest BCUT2D eigenvalue weighted by Gasteiger charge is 2.36. The molecular formula is C18H22N2O2. The Labute approximate surface area is 130 Å². The van der Waals surface area contributed by atoms with Gasteiger partial charge in [-0.1, -0.05) is 30.3 Å². The van der Waals surface area contributed by atoms with Gasteiger partial charge in [0.2, 0.25) is 0 Å². The number of nitrogens with two attached hydrogens (primary N) is 1. The molecule has 22 heavy (non-hydrogen) atoms. The number of nitrogens with zero attached hydrogens (tertiary/aromatic N) is 1. The van der Waals surface area contributed by atoms with Crippen molar-refractivity contribution in [1.82, 2.24) is 4.90 Å². The lowest BCUT2D eigenvalue weighted by atomic mass is 9.89. The Kier molecular flexibility index (Phi) is 4.03. The van der Waals surface area contributed by atoms with Crippen LogP contribution in [0.5, 0.6) is 0 Å². The summed E-state index contributed by atoms with van der Waals surface area (Å²) in [6.07, 6.45) is 0. The van der Waals surface area contributed by atoms with Crippen LogP contribution in [0.15, 0.2) is 40.8 Å². The zero-order chi connectivity index (χ0) is 15.7. The van der Waals surface area contributed by atoms with Crippen molar-refractivity contribution >= 4 is 5.91 Å². The van der Waals surface area contributed by atoms with Crippen LogP contribution in [0.2, 0.25) is 0 Å². The van der Waals surface area contributed by atoms with Crippen LogP contribution >= 0.6 is 0 Å². The lowest BCUT2D eigenvalue weighted by Crippen LogP contribution is -2.30. The minimum atomic E-state index is -0.0255. The average molecular weight is 298 g/mol. The smallest absolute Gasteiger partial charge is 0.289 e. The number of carbonyl (C=O) groups is 1. The largest absolute Gasteiger partial charge is 0.456 e. The molecule has 1 aliphatic rings. The molecule has 1 aromatic carbocycles. The summed E-state index contributed by atoms with van der Waals surface area (Å²) < 4.78 is 5.58. The average Bonchev–Trinajstić information content (AvgIpc) is 3.10. The summed E-state index contributed by atoms with van der Waals surface area (Å²) in [6, 6.07) is 12.2. The Bertz CT molecular complexity index is 663. The van der Waals surface area contributed by atoms with Gasteiger partial charge in [0.15, 0.2) is 5.76 Å². The van der Waals surface area contributed by atoms with Crippen LogP contribution in [0.4, 0.5) is 0 Å². The Morgan fingerprint density at radius 1 is 1.27 bits per heavy atom. The van der Waals surface area contributed by atoms with E-state index in [1.165, 1.54) is 5.56 Å². The lowest BCUT2D eigenvalue weighted by Gasteiger charge is -2.16. The lowest BCUT2D eigenvalue weighted by molar-refractivity contribution is 0.0752. The first kappa shape index (κ1) is 14.9. The third-order valence-electron chi connectivity index (χ3n) is 4.49. The van der Waals surface area contributed by atoms with Crippen molar-refractivity contribution in [2.24, 2.45) is 11.7 Å². The number of aryl methyl sites for hydroxylation is 2. The third kappa shape index (κ3) is 2.66. The highest BCUT2D eigenvalue weighted by molar-refractivity contribution is 5.93. The zero-order valence-corrected chi connectivity index (χ0v) is 13.1. The molecule has 2 N–H and O–H groups in total.